The molecule has 0 saturated carbocycles. The average Bonchev–Trinajstić information content (AvgIpc) is 3.03. The van der Waals surface area contributed by atoms with Crippen molar-refractivity contribution in [2.24, 2.45) is 0 Å². The lowest BCUT2D eigenvalue weighted by Gasteiger charge is -2.24. The summed E-state index contributed by atoms with van der Waals surface area (Å²) in [7, 11) is 0. The molecule has 0 bridgehead atoms. The Morgan fingerprint density at radius 1 is 1.41 bits per heavy atom. The highest BCUT2D eigenvalue weighted by Gasteiger charge is 2.25. The molecule has 0 spiro atoms. The summed E-state index contributed by atoms with van der Waals surface area (Å²) in [6.45, 7) is 7.06. The highest BCUT2D eigenvalue weighted by atomic mass is 32.1. The van der Waals surface area contributed by atoms with E-state index in [9.17, 15) is 9.59 Å². The minimum Gasteiger partial charge on any atom is -0.480 e. The first-order valence-corrected chi connectivity index (χ1v) is 7.82. The lowest BCUT2D eigenvalue weighted by atomic mass is 10.2. The van der Waals surface area contributed by atoms with Crippen LogP contribution < -0.4 is 0 Å². The third-order valence-corrected chi connectivity index (χ3v) is 4.22. The standard InChI is InChI=1S/C15H19N3O3S/c1-9(2)17(8-13(19)20)14(21)12-7-10(3)18(11(12)4)15-16-5-6-22-15/h5-7,9H,8H2,1-4H3,(H,19,20). The summed E-state index contributed by atoms with van der Waals surface area (Å²) in [5.74, 6) is -1.29. The first-order chi connectivity index (χ1) is 10.3. The molecule has 0 radical (unpaired) electrons. The van der Waals surface area contributed by atoms with E-state index in [-0.39, 0.29) is 18.5 Å². The second kappa shape index (κ2) is 6.31. The quantitative estimate of drug-likeness (QED) is 0.918. The van der Waals surface area contributed by atoms with Crippen LogP contribution in [0.4, 0.5) is 0 Å². The van der Waals surface area contributed by atoms with E-state index < -0.39 is 5.97 Å². The molecule has 0 aliphatic rings. The number of carbonyl (C=O) groups excluding carboxylic acids is 1. The van der Waals surface area contributed by atoms with Gasteiger partial charge in [-0.2, -0.15) is 0 Å². The van der Waals surface area contributed by atoms with Gasteiger partial charge in [0.1, 0.15) is 6.54 Å². The molecular formula is C15H19N3O3S. The molecule has 0 aliphatic heterocycles. The van der Waals surface area contributed by atoms with Crippen molar-refractivity contribution in [3.63, 3.8) is 0 Å². The van der Waals surface area contributed by atoms with Crippen LogP contribution in [-0.4, -0.2) is 44.0 Å². The van der Waals surface area contributed by atoms with Gasteiger partial charge < -0.3 is 10.0 Å². The number of aromatic nitrogens is 2. The summed E-state index contributed by atoms with van der Waals surface area (Å²) in [5, 5.41) is 11.7. The van der Waals surface area contributed by atoms with E-state index in [0.29, 0.717) is 5.56 Å². The third kappa shape index (κ3) is 3.04. The molecule has 1 N–H and O–H groups in total. The average molecular weight is 321 g/mol. The smallest absolute Gasteiger partial charge is 0.323 e. The normalized spacial score (nSPS) is 11.0. The summed E-state index contributed by atoms with van der Waals surface area (Å²) in [5.41, 5.74) is 2.19. The van der Waals surface area contributed by atoms with E-state index in [1.807, 2.05) is 23.8 Å². The van der Waals surface area contributed by atoms with Gasteiger partial charge in [-0.1, -0.05) is 0 Å². The van der Waals surface area contributed by atoms with E-state index >= 15 is 0 Å². The fourth-order valence-electron chi connectivity index (χ4n) is 2.39. The zero-order chi connectivity index (χ0) is 16.4. The lowest BCUT2D eigenvalue weighted by molar-refractivity contribution is -0.138. The largest absolute Gasteiger partial charge is 0.480 e. The molecule has 2 rings (SSSR count). The fourth-order valence-corrected chi connectivity index (χ4v) is 3.14. The minimum absolute atomic E-state index is 0.188. The number of hydrogen-bond donors (Lipinski definition) is 1. The Morgan fingerprint density at radius 3 is 2.59 bits per heavy atom. The van der Waals surface area contributed by atoms with Gasteiger partial charge in [0.25, 0.3) is 5.91 Å². The predicted octanol–water partition coefficient (Wildman–Crippen LogP) is 2.49. The van der Waals surface area contributed by atoms with Crippen LogP contribution in [0.2, 0.25) is 0 Å². The predicted molar refractivity (Wildman–Crippen MR) is 84.7 cm³/mol. The van der Waals surface area contributed by atoms with Gasteiger partial charge >= 0.3 is 5.97 Å². The van der Waals surface area contributed by atoms with Crippen molar-refractivity contribution in [3.05, 3.63) is 34.6 Å². The minimum atomic E-state index is -1.02. The molecule has 0 saturated heterocycles. The number of rotatable bonds is 5. The Hall–Kier alpha value is -2.15. The molecule has 22 heavy (non-hydrogen) atoms. The topological polar surface area (TPSA) is 75.4 Å². The number of aliphatic carboxylic acids is 1. The zero-order valence-electron chi connectivity index (χ0n) is 13.0. The van der Waals surface area contributed by atoms with Crippen molar-refractivity contribution in [1.29, 1.82) is 0 Å². The second-order valence-corrected chi connectivity index (χ2v) is 6.23. The van der Waals surface area contributed by atoms with Gasteiger partial charge in [-0.15, -0.1) is 11.3 Å². The summed E-state index contributed by atoms with van der Waals surface area (Å²) >= 11 is 1.49. The van der Waals surface area contributed by atoms with E-state index in [1.54, 1.807) is 26.1 Å². The third-order valence-electron chi connectivity index (χ3n) is 3.46. The number of nitrogens with zero attached hydrogens (tertiary/aromatic N) is 3. The first kappa shape index (κ1) is 16.2. The molecule has 0 aromatic carbocycles. The number of hydrogen-bond acceptors (Lipinski definition) is 4. The molecule has 118 valence electrons. The number of carbonyl (C=O) groups is 2. The van der Waals surface area contributed by atoms with E-state index in [0.717, 1.165) is 16.5 Å². The summed E-state index contributed by atoms with van der Waals surface area (Å²) in [6.07, 6.45) is 1.71. The summed E-state index contributed by atoms with van der Waals surface area (Å²) in [6, 6.07) is 1.60. The van der Waals surface area contributed by atoms with Crippen LogP contribution in [0.1, 0.15) is 35.6 Å². The van der Waals surface area contributed by atoms with Crippen molar-refractivity contribution in [3.8, 4) is 5.13 Å². The van der Waals surface area contributed by atoms with E-state index in [1.165, 1.54) is 16.2 Å². The summed E-state index contributed by atoms with van der Waals surface area (Å²) in [4.78, 5) is 29.3. The highest BCUT2D eigenvalue weighted by molar-refractivity contribution is 7.12. The van der Waals surface area contributed by atoms with Gasteiger partial charge in [-0.3, -0.25) is 14.2 Å². The summed E-state index contributed by atoms with van der Waals surface area (Å²) < 4.78 is 1.91. The van der Waals surface area contributed by atoms with Gasteiger partial charge in [0.15, 0.2) is 5.13 Å². The van der Waals surface area contributed by atoms with Crippen molar-refractivity contribution in [2.45, 2.75) is 33.7 Å². The lowest BCUT2D eigenvalue weighted by Crippen LogP contribution is -2.40. The molecule has 2 aromatic rings. The van der Waals surface area contributed by atoms with Gasteiger partial charge in [0, 0.05) is 29.0 Å². The first-order valence-electron chi connectivity index (χ1n) is 6.94. The van der Waals surface area contributed by atoms with Crippen LogP contribution in [0.5, 0.6) is 0 Å². The maximum absolute atomic E-state index is 12.7. The monoisotopic (exact) mass is 321 g/mol. The second-order valence-electron chi connectivity index (χ2n) is 5.36. The van der Waals surface area contributed by atoms with Gasteiger partial charge in [-0.05, 0) is 33.8 Å². The molecular weight excluding hydrogens is 302 g/mol. The maximum atomic E-state index is 12.7. The molecule has 7 heteroatoms. The number of carboxylic acids is 1. The number of thiazole rings is 1. The molecule has 0 atom stereocenters. The van der Waals surface area contributed by atoms with Crippen LogP contribution in [0.25, 0.3) is 5.13 Å². The number of amides is 1. The maximum Gasteiger partial charge on any atom is 0.323 e. The SMILES string of the molecule is Cc1cc(C(=O)N(CC(=O)O)C(C)C)c(C)n1-c1nccs1. The van der Waals surface area contributed by atoms with Gasteiger partial charge in [0.05, 0.1) is 5.56 Å². The van der Waals surface area contributed by atoms with E-state index in [4.69, 9.17) is 5.11 Å². The number of aryl methyl sites for hydroxylation is 1. The molecule has 2 aromatic heterocycles. The van der Waals surface area contributed by atoms with Crippen LogP contribution in [0, 0.1) is 13.8 Å². The van der Waals surface area contributed by atoms with Crippen LogP contribution in [-0.2, 0) is 4.79 Å². The Morgan fingerprint density at radius 2 is 2.09 bits per heavy atom. The Balaban J connectivity index is 2.42. The van der Waals surface area contributed by atoms with E-state index in [2.05, 4.69) is 4.98 Å². The van der Waals surface area contributed by atoms with Crippen molar-refractivity contribution >= 4 is 23.2 Å². The molecule has 6 nitrogen and oxygen atoms in total. The van der Waals surface area contributed by atoms with Crippen molar-refractivity contribution < 1.29 is 14.7 Å². The fraction of sp³-hybridized carbons (Fsp3) is 0.400. The zero-order valence-corrected chi connectivity index (χ0v) is 13.8. The molecule has 0 aliphatic carbocycles. The molecule has 1 amide bonds. The van der Waals surface area contributed by atoms with Crippen LogP contribution in [0.3, 0.4) is 0 Å². The van der Waals surface area contributed by atoms with Crippen molar-refractivity contribution in [1.82, 2.24) is 14.5 Å². The molecule has 0 fully saturated rings. The molecule has 2 heterocycles. The molecule has 0 unspecified atom stereocenters. The van der Waals surface area contributed by atoms with Crippen molar-refractivity contribution in [2.75, 3.05) is 6.54 Å². The Labute approximate surface area is 133 Å². The number of carboxylic acid groups (broad SMARTS) is 1. The van der Waals surface area contributed by atoms with Crippen LogP contribution in [0.15, 0.2) is 17.6 Å². The Bertz CT molecular complexity index is 689. The Kier molecular flexibility index (Phi) is 4.65. The van der Waals surface area contributed by atoms with Crippen LogP contribution >= 0.6 is 11.3 Å². The van der Waals surface area contributed by atoms with Gasteiger partial charge in [-0.25, -0.2) is 4.98 Å². The highest BCUT2D eigenvalue weighted by Crippen LogP contribution is 2.23. The van der Waals surface area contributed by atoms with Gasteiger partial charge in [0.2, 0.25) is 0 Å².